The van der Waals surface area contributed by atoms with Crippen molar-refractivity contribution in [3.05, 3.63) is 22.2 Å². The lowest BCUT2D eigenvalue weighted by Crippen LogP contribution is -2.44. The van der Waals surface area contributed by atoms with Gasteiger partial charge in [0.1, 0.15) is 16.7 Å². The van der Waals surface area contributed by atoms with Crippen LogP contribution in [-0.2, 0) is 11.0 Å². The Bertz CT molecular complexity index is 620. The zero-order chi connectivity index (χ0) is 17.2. The molecule has 1 saturated heterocycles. The van der Waals surface area contributed by atoms with Crippen molar-refractivity contribution in [1.29, 1.82) is 0 Å². The van der Waals surface area contributed by atoms with Crippen molar-refractivity contribution < 1.29 is 9.32 Å². The van der Waals surface area contributed by atoms with Crippen molar-refractivity contribution in [2.45, 2.75) is 25.5 Å². The molecule has 1 unspecified atom stereocenters. The molecule has 0 amide bonds. The number of anilines is 1. The van der Waals surface area contributed by atoms with Crippen LogP contribution in [0.25, 0.3) is 0 Å². The molecule has 1 aliphatic rings. The topological polar surface area (TPSA) is 56.1 Å². The van der Waals surface area contributed by atoms with Gasteiger partial charge in [0.25, 0.3) is 0 Å². The highest BCUT2D eigenvalue weighted by atomic mass is 79.9. The SMILES string of the molecule is CN1CCN(c2cc(Br)c(/C=N\S(=O)C(C)(C)C)cc2O)CC1. The molecule has 0 spiro atoms. The third-order valence-electron chi connectivity index (χ3n) is 3.75. The Balaban J connectivity index is 2.20. The van der Waals surface area contributed by atoms with Crippen molar-refractivity contribution in [3.63, 3.8) is 0 Å². The molecule has 2 rings (SSSR count). The molecule has 0 aliphatic carbocycles. The molecule has 0 radical (unpaired) electrons. The van der Waals surface area contributed by atoms with E-state index < -0.39 is 15.7 Å². The van der Waals surface area contributed by atoms with Gasteiger partial charge >= 0.3 is 0 Å². The van der Waals surface area contributed by atoms with E-state index in [-0.39, 0.29) is 5.75 Å². The molecule has 23 heavy (non-hydrogen) atoms. The molecule has 1 N–H and O–H groups in total. The highest BCUT2D eigenvalue weighted by molar-refractivity contribution is 9.10. The van der Waals surface area contributed by atoms with E-state index in [0.717, 1.165) is 41.9 Å². The van der Waals surface area contributed by atoms with E-state index in [0.29, 0.717) is 0 Å². The minimum Gasteiger partial charge on any atom is -0.506 e. The molecular formula is C16H24BrN3O2S. The predicted molar refractivity (Wildman–Crippen MR) is 101 cm³/mol. The van der Waals surface area contributed by atoms with Crippen LogP contribution in [0.3, 0.4) is 0 Å². The van der Waals surface area contributed by atoms with Crippen molar-refractivity contribution in [3.8, 4) is 5.75 Å². The fourth-order valence-electron chi connectivity index (χ4n) is 2.23. The maximum atomic E-state index is 12.0. The third-order valence-corrected chi connectivity index (χ3v) is 5.78. The smallest absolute Gasteiger partial charge is 0.144 e. The van der Waals surface area contributed by atoms with E-state index in [2.05, 4.69) is 37.2 Å². The summed E-state index contributed by atoms with van der Waals surface area (Å²) < 4.78 is 16.5. The van der Waals surface area contributed by atoms with E-state index >= 15 is 0 Å². The van der Waals surface area contributed by atoms with Gasteiger partial charge in [-0.05, 0) is 40.0 Å². The minimum atomic E-state index is -1.32. The van der Waals surface area contributed by atoms with Crippen LogP contribution in [0, 0.1) is 0 Å². The Morgan fingerprint density at radius 2 is 1.87 bits per heavy atom. The molecule has 7 heteroatoms. The number of phenols is 1. The zero-order valence-corrected chi connectivity index (χ0v) is 16.4. The van der Waals surface area contributed by atoms with Crippen LogP contribution in [-0.4, -0.2) is 58.4 Å². The second-order valence-corrected chi connectivity index (χ2v) is 9.54. The number of hydrogen-bond acceptors (Lipinski definition) is 4. The number of aromatic hydroxyl groups is 1. The van der Waals surface area contributed by atoms with E-state index in [9.17, 15) is 9.32 Å². The van der Waals surface area contributed by atoms with Crippen molar-refractivity contribution in [1.82, 2.24) is 4.90 Å². The summed E-state index contributed by atoms with van der Waals surface area (Å²) in [5.41, 5.74) is 1.54. The number of benzene rings is 1. The maximum absolute atomic E-state index is 12.0. The van der Waals surface area contributed by atoms with Gasteiger partial charge in [0.05, 0.1) is 10.4 Å². The molecule has 0 bridgehead atoms. The van der Waals surface area contributed by atoms with Crippen LogP contribution in [0.15, 0.2) is 21.0 Å². The summed E-state index contributed by atoms with van der Waals surface area (Å²) in [6, 6.07) is 3.57. The summed E-state index contributed by atoms with van der Waals surface area (Å²) in [5, 5.41) is 10.3. The summed E-state index contributed by atoms with van der Waals surface area (Å²) in [4.78, 5) is 4.44. The van der Waals surface area contributed by atoms with Crippen molar-refractivity contribution in [2.75, 3.05) is 38.1 Å². The second kappa shape index (κ2) is 7.32. The third kappa shape index (κ3) is 4.78. The standard InChI is InChI=1S/C16H24BrN3O2S/c1-16(2,3)23(22)18-11-12-9-15(21)14(10-13(12)17)20-7-5-19(4)6-8-20/h9-11,21H,5-8H2,1-4H3/b18-11-. The summed E-state index contributed by atoms with van der Waals surface area (Å²) in [5.74, 6) is 0.223. The Kier molecular flexibility index (Phi) is 5.86. The first kappa shape index (κ1) is 18.4. The van der Waals surface area contributed by atoms with Gasteiger partial charge in [0.2, 0.25) is 0 Å². The number of rotatable bonds is 3. The summed E-state index contributed by atoms with van der Waals surface area (Å²) in [6.45, 7) is 9.36. The first-order valence-corrected chi connectivity index (χ1v) is 9.50. The maximum Gasteiger partial charge on any atom is 0.144 e. The van der Waals surface area contributed by atoms with Crippen LogP contribution in [0.5, 0.6) is 5.75 Å². The quantitative estimate of drug-likeness (QED) is 0.791. The molecule has 128 valence electrons. The average molecular weight is 402 g/mol. The highest BCUT2D eigenvalue weighted by Gasteiger charge is 2.20. The van der Waals surface area contributed by atoms with E-state index in [1.165, 1.54) is 0 Å². The van der Waals surface area contributed by atoms with Gasteiger partial charge in [-0.1, -0.05) is 15.9 Å². The van der Waals surface area contributed by atoms with Crippen LogP contribution in [0.4, 0.5) is 5.69 Å². The van der Waals surface area contributed by atoms with Crippen LogP contribution < -0.4 is 4.90 Å². The number of hydrogen-bond donors (Lipinski definition) is 1. The molecule has 5 nitrogen and oxygen atoms in total. The first-order chi connectivity index (χ1) is 10.7. The number of phenolic OH excluding ortho intramolecular Hbond substituents is 1. The fourth-order valence-corrected chi connectivity index (χ4v) is 3.19. The lowest BCUT2D eigenvalue weighted by molar-refractivity contribution is 0.311. The molecule has 0 aromatic heterocycles. The van der Waals surface area contributed by atoms with E-state index in [1.54, 1.807) is 12.3 Å². The number of nitrogens with zero attached hydrogens (tertiary/aromatic N) is 3. The van der Waals surface area contributed by atoms with E-state index in [4.69, 9.17) is 0 Å². The Labute approximate surface area is 149 Å². The molecule has 0 saturated carbocycles. The van der Waals surface area contributed by atoms with Gasteiger partial charge in [-0.15, -0.1) is 0 Å². The Hall–Kier alpha value is -0.920. The van der Waals surface area contributed by atoms with Crippen LogP contribution >= 0.6 is 15.9 Å². The Morgan fingerprint density at radius 3 is 2.43 bits per heavy atom. The second-order valence-electron chi connectivity index (χ2n) is 6.75. The summed E-state index contributed by atoms with van der Waals surface area (Å²) >= 11 is 3.52. The predicted octanol–water partition coefficient (Wildman–Crippen LogP) is 2.79. The molecular weight excluding hydrogens is 378 g/mol. The summed E-state index contributed by atoms with van der Waals surface area (Å²) in [7, 11) is 0.784. The first-order valence-electron chi connectivity index (χ1n) is 7.60. The van der Waals surface area contributed by atoms with Gasteiger partial charge in [-0.2, -0.15) is 4.40 Å². The Morgan fingerprint density at radius 1 is 1.26 bits per heavy atom. The van der Waals surface area contributed by atoms with Gasteiger partial charge in [0.15, 0.2) is 0 Å². The number of halogens is 1. The highest BCUT2D eigenvalue weighted by Crippen LogP contribution is 2.33. The minimum absolute atomic E-state index is 0.223. The monoisotopic (exact) mass is 401 g/mol. The van der Waals surface area contributed by atoms with Crippen LogP contribution in [0.1, 0.15) is 26.3 Å². The summed E-state index contributed by atoms with van der Waals surface area (Å²) in [6.07, 6.45) is 1.55. The molecule has 1 aromatic carbocycles. The van der Waals surface area contributed by atoms with Crippen LogP contribution in [0.2, 0.25) is 0 Å². The number of likely N-dealkylation sites (N-methyl/N-ethyl adjacent to an activating group) is 1. The molecule has 1 heterocycles. The lowest BCUT2D eigenvalue weighted by Gasteiger charge is -2.34. The largest absolute Gasteiger partial charge is 0.506 e. The van der Waals surface area contributed by atoms with Crippen molar-refractivity contribution in [2.24, 2.45) is 4.40 Å². The van der Waals surface area contributed by atoms with Gasteiger partial charge in [-0.3, -0.25) is 0 Å². The lowest BCUT2D eigenvalue weighted by atomic mass is 10.1. The van der Waals surface area contributed by atoms with Gasteiger partial charge < -0.3 is 14.9 Å². The van der Waals surface area contributed by atoms with E-state index in [1.807, 2.05) is 26.8 Å². The molecule has 1 aromatic rings. The molecule has 1 fully saturated rings. The molecule has 1 aliphatic heterocycles. The average Bonchev–Trinajstić information content (AvgIpc) is 2.47. The normalized spacial score (nSPS) is 18.6. The number of piperazine rings is 1. The fraction of sp³-hybridized carbons (Fsp3) is 0.562. The van der Waals surface area contributed by atoms with Crippen molar-refractivity contribution >= 4 is 38.8 Å². The van der Waals surface area contributed by atoms with Gasteiger partial charge in [-0.25, -0.2) is 4.21 Å². The van der Waals surface area contributed by atoms with Gasteiger partial charge in [0, 0.05) is 42.4 Å². The molecule has 1 atom stereocenters. The zero-order valence-electron chi connectivity index (χ0n) is 14.0.